The largest absolute Gasteiger partial charge is 0.479 e. The Morgan fingerprint density at radius 2 is 2.33 bits per heavy atom. The SMILES string of the molecule is Cl.O=C(O)C1CCCO1. The van der Waals surface area contributed by atoms with Crippen molar-refractivity contribution >= 4 is 18.4 Å². The van der Waals surface area contributed by atoms with E-state index in [1.54, 1.807) is 0 Å². The Morgan fingerprint density at radius 3 is 2.56 bits per heavy atom. The maximum atomic E-state index is 10.1. The molecule has 1 aliphatic heterocycles. The summed E-state index contributed by atoms with van der Waals surface area (Å²) in [5.74, 6) is -0.831. The molecule has 1 rings (SSSR count). The van der Waals surface area contributed by atoms with Gasteiger partial charge in [0.2, 0.25) is 0 Å². The fourth-order valence-corrected chi connectivity index (χ4v) is 0.772. The van der Waals surface area contributed by atoms with Crippen molar-refractivity contribution in [3.05, 3.63) is 0 Å². The van der Waals surface area contributed by atoms with Gasteiger partial charge in [-0.1, -0.05) is 0 Å². The molecule has 1 heterocycles. The van der Waals surface area contributed by atoms with Gasteiger partial charge in [-0.15, -0.1) is 12.4 Å². The highest BCUT2D eigenvalue weighted by molar-refractivity contribution is 5.85. The minimum atomic E-state index is -0.831. The minimum absolute atomic E-state index is 0. The van der Waals surface area contributed by atoms with E-state index in [1.807, 2.05) is 0 Å². The molecule has 1 unspecified atom stereocenters. The van der Waals surface area contributed by atoms with Crippen LogP contribution >= 0.6 is 12.4 Å². The molecule has 0 radical (unpaired) electrons. The van der Waals surface area contributed by atoms with Crippen LogP contribution in [0.15, 0.2) is 0 Å². The molecule has 1 saturated heterocycles. The van der Waals surface area contributed by atoms with E-state index in [-0.39, 0.29) is 12.4 Å². The molecule has 0 bridgehead atoms. The predicted molar refractivity (Wildman–Crippen MR) is 33.9 cm³/mol. The number of halogens is 1. The third kappa shape index (κ3) is 2.20. The van der Waals surface area contributed by atoms with E-state index < -0.39 is 12.1 Å². The highest BCUT2D eigenvalue weighted by Gasteiger charge is 2.21. The topological polar surface area (TPSA) is 46.5 Å². The molecule has 4 heteroatoms. The van der Waals surface area contributed by atoms with Crippen LogP contribution in [0.4, 0.5) is 0 Å². The summed E-state index contributed by atoms with van der Waals surface area (Å²) in [6.45, 7) is 0.608. The maximum Gasteiger partial charge on any atom is 0.332 e. The summed E-state index contributed by atoms with van der Waals surface area (Å²) in [6.07, 6.45) is 1.04. The van der Waals surface area contributed by atoms with Gasteiger partial charge in [-0.2, -0.15) is 0 Å². The standard InChI is InChI=1S/C5H8O3.ClH/c6-5(7)4-2-1-3-8-4;/h4H,1-3H2,(H,6,7);1H. The summed E-state index contributed by atoms with van der Waals surface area (Å²) in [7, 11) is 0. The minimum Gasteiger partial charge on any atom is -0.479 e. The van der Waals surface area contributed by atoms with Crippen molar-refractivity contribution in [1.29, 1.82) is 0 Å². The lowest BCUT2D eigenvalue weighted by Gasteiger charge is -1.98. The Hall–Kier alpha value is -0.280. The fraction of sp³-hybridized carbons (Fsp3) is 0.800. The molecule has 9 heavy (non-hydrogen) atoms. The Balaban J connectivity index is 0.000000640. The number of carbonyl (C=O) groups is 1. The number of hydrogen-bond acceptors (Lipinski definition) is 2. The molecule has 3 nitrogen and oxygen atoms in total. The van der Waals surface area contributed by atoms with Gasteiger partial charge in [0.25, 0.3) is 0 Å². The van der Waals surface area contributed by atoms with Crippen LogP contribution in [0.3, 0.4) is 0 Å². The van der Waals surface area contributed by atoms with Crippen molar-refractivity contribution in [3.8, 4) is 0 Å². The molecule has 0 aromatic rings. The van der Waals surface area contributed by atoms with Crippen molar-refractivity contribution < 1.29 is 14.6 Å². The van der Waals surface area contributed by atoms with Gasteiger partial charge in [0.1, 0.15) is 0 Å². The second kappa shape index (κ2) is 3.69. The van der Waals surface area contributed by atoms with Crippen LogP contribution in [0, 0.1) is 0 Å². The van der Waals surface area contributed by atoms with Gasteiger partial charge in [0.05, 0.1) is 0 Å². The Morgan fingerprint density at radius 1 is 1.67 bits per heavy atom. The molecule has 1 N–H and O–H groups in total. The first-order valence-corrected chi connectivity index (χ1v) is 2.65. The lowest BCUT2D eigenvalue weighted by atomic mass is 10.2. The number of carboxylic acids is 1. The van der Waals surface area contributed by atoms with Gasteiger partial charge in [0.15, 0.2) is 6.10 Å². The van der Waals surface area contributed by atoms with Crippen molar-refractivity contribution in [2.75, 3.05) is 6.61 Å². The van der Waals surface area contributed by atoms with E-state index in [0.717, 1.165) is 6.42 Å². The highest BCUT2D eigenvalue weighted by atomic mass is 35.5. The van der Waals surface area contributed by atoms with Crippen LogP contribution in [-0.2, 0) is 9.53 Å². The van der Waals surface area contributed by atoms with Crippen molar-refractivity contribution in [3.63, 3.8) is 0 Å². The van der Waals surface area contributed by atoms with Gasteiger partial charge < -0.3 is 9.84 Å². The smallest absolute Gasteiger partial charge is 0.332 e. The van der Waals surface area contributed by atoms with E-state index in [9.17, 15) is 4.79 Å². The summed E-state index contributed by atoms with van der Waals surface area (Å²) in [5.41, 5.74) is 0. The molecule has 1 atom stereocenters. The van der Waals surface area contributed by atoms with E-state index in [2.05, 4.69) is 0 Å². The Labute approximate surface area is 59.4 Å². The molecule has 0 aromatic carbocycles. The van der Waals surface area contributed by atoms with Gasteiger partial charge >= 0.3 is 5.97 Å². The van der Waals surface area contributed by atoms with Crippen LogP contribution in [0.1, 0.15) is 12.8 Å². The monoisotopic (exact) mass is 152 g/mol. The number of ether oxygens (including phenoxy) is 1. The van der Waals surface area contributed by atoms with Crippen LogP contribution in [0.2, 0.25) is 0 Å². The molecule has 1 fully saturated rings. The van der Waals surface area contributed by atoms with Crippen LogP contribution in [0.25, 0.3) is 0 Å². The Kier molecular flexibility index (Phi) is 3.58. The van der Waals surface area contributed by atoms with Crippen molar-refractivity contribution in [2.45, 2.75) is 18.9 Å². The summed E-state index contributed by atoms with van der Waals surface area (Å²) >= 11 is 0. The van der Waals surface area contributed by atoms with Crippen LogP contribution < -0.4 is 0 Å². The first kappa shape index (κ1) is 8.72. The molecule has 0 saturated carbocycles. The van der Waals surface area contributed by atoms with Crippen LogP contribution in [0.5, 0.6) is 0 Å². The first-order valence-electron chi connectivity index (χ1n) is 2.65. The molecular weight excluding hydrogens is 144 g/mol. The van der Waals surface area contributed by atoms with E-state index in [4.69, 9.17) is 9.84 Å². The fourth-order valence-electron chi connectivity index (χ4n) is 0.772. The second-order valence-electron chi connectivity index (χ2n) is 1.84. The van der Waals surface area contributed by atoms with E-state index >= 15 is 0 Å². The Bertz CT molecular complexity index is 98.4. The molecule has 1 aliphatic rings. The second-order valence-corrected chi connectivity index (χ2v) is 1.84. The van der Waals surface area contributed by atoms with E-state index in [0.29, 0.717) is 13.0 Å². The van der Waals surface area contributed by atoms with E-state index in [1.165, 1.54) is 0 Å². The number of carboxylic acid groups (broad SMARTS) is 1. The molecule has 0 amide bonds. The van der Waals surface area contributed by atoms with Crippen LogP contribution in [-0.4, -0.2) is 23.8 Å². The normalized spacial score (nSPS) is 25.1. The highest BCUT2D eigenvalue weighted by Crippen LogP contribution is 2.10. The average molecular weight is 153 g/mol. The van der Waals surface area contributed by atoms with Crippen molar-refractivity contribution in [1.82, 2.24) is 0 Å². The van der Waals surface area contributed by atoms with Crippen molar-refractivity contribution in [2.24, 2.45) is 0 Å². The van der Waals surface area contributed by atoms with Gasteiger partial charge in [-0.25, -0.2) is 4.79 Å². The third-order valence-corrected chi connectivity index (χ3v) is 1.21. The maximum absolute atomic E-state index is 10.1. The zero-order chi connectivity index (χ0) is 5.98. The molecular formula is C5H9ClO3. The average Bonchev–Trinajstić information content (AvgIpc) is 2.12. The predicted octanol–water partition coefficient (Wildman–Crippen LogP) is 0.672. The number of rotatable bonds is 1. The lowest BCUT2D eigenvalue weighted by molar-refractivity contribution is -0.147. The summed E-state index contributed by atoms with van der Waals surface area (Å²) < 4.78 is 4.81. The number of aliphatic carboxylic acids is 1. The molecule has 54 valence electrons. The third-order valence-electron chi connectivity index (χ3n) is 1.21. The summed E-state index contributed by atoms with van der Waals surface area (Å²) in [4.78, 5) is 10.1. The zero-order valence-corrected chi connectivity index (χ0v) is 5.69. The van der Waals surface area contributed by atoms with Gasteiger partial charge in [-0.05, 0) is 12.8 Å². The quantitative estimate of drug-likeness (QED) is 0.601. The first-order chi connectivity index (χ1) is 3.80. The van der Waals surface area contributed by atoms with Gasteiger partial charge in [-0.3, -0.25) is 0 Å². The molecule has 0 spiro atoms. The lowest BCUT2D eigenvalue weighted by Crippen LogP contribution is -2.17. The number of hydrogen-bond donors (Lipinski definition) is 1. The summed E-state index contributed by atoms with van der Waals surface area (Å²) in [6, 6.07) is 0. The van der Waals surface area contributed by atoms with Gasteiger partial charge in [0, 0.05) is 6.61 Å². The zero-order valence-electron chi connectivity index (χ0n) is 4.87. The molecule has 0 aliphatic carbocycles. The summed E-state index contributed by atoms with van der Waals surface area (Å²) in [5, 5.41) is 8.29. The molecule has 0 aromatic heterocycles.